The Bertz CT molecular complexity index is 1020. The number of carbonyl (C=O) groups is 1. The fourth-order valence-corrected chi connectivity index (χ4v) is 3.04. The van der Waals surface area contributed by atoms with E-state index in [0.29, 0.717) is 28.2 Å². The Hall–Kier alpha value is -2.51. The molecule has 0 radical (unpaired) electrons. The summed E-state index contributed by atoms with van der Waals surface area (Å²) in [6.07, 6.45) is 2.47. The summed E-state index contributed by atoms with van der Waals surface area (Å²) in [5.74, 6) is -1.25. The van der Waals surface area contributed by atoms with Gasteiger partial charge in [-0.3, -0.25) is 4.79 Å². The molecule has 5 nitrogen and oxygen atoms in total. The second kappa shape index (κ2) is 6.34. The molecule has 1 fully saturated rings. The Labute approximate surface area is 152 Å². The lowest BCUT2D eigenvalue weighted by Crippen LogP contribution is -2.15. The number of aliphatic hydroxyl groups is 1. The van der Waals surface area contributed by atoms with E-state index in [4.69, 9.17) is 11.6 Å². The number of halogens is 3. The average Bonchev–Trinajstić information content (AvgIpc) is 3.22. The second-order valence-electron chi connectivity index (χ2n) is 6.24. The van der Waals surface area contributed by atoms with Gasteiger partial charge in [-0.25, -0.2) is 13.8 Å². The van der Waals surface area contributed by atoms with Crippen molar-refractivity contribution < 1.29 is 18.7 Å². The van der Waals surface area contributed by atoms with Gasteiger partial charge in [0.25, 0.3) is 0 Å². The predicted octanol–water partition coefficient (Wildman–Crippen LogP) is 3.58. The molecular weight excluding hydrogens is 364 g/mol. The van der Waals surface area contributed by atoms with Crippen molar-refractivity contribution in [3.8, 4) is 11.1 Å². The maximum Gasteiger partial charge on any atom is 0.231 e. The molecule has 4 rings (SSSR count). The lowest BCUT2D eigenvalue weighted by atomic mass is 10.0. The van der Waals surface area contributed by atoms with Crippen LogP contribution in [0.15, 0.2) is 36.7 Å². The molecule has 2 unspecified atom stereocenters. The van der Waals surface area contributed by atoms with Crippen LogP contribution in [0.3, 0.4) is 0 Å². The lowest BCUT2D eigenvalue weighted by Gasteiger charge is -2.09. The number of hydrogen-bond donors (Lipinski definition) is 2. The molecule has 0 bridgehead atoms. The van der Waals surface area contributed by atoms with Gasteiger partial charge in [-0.1, -0.05) is 11.6 Å². The Morgan fingerprint density at radius 3 is 2.85 bits per heavy atom. The Morgan fingerprint density at radius 1 is 1.38 bits per heavy atom. The Morgan fingerprint density at radius 2 is 2.15 bits per heavy atom. The zero-order valence-corrected chi connectivity index (χ0v) is 14.2. The van der Waals surface area contributed by atoms with Crippen LogP contribution in [0.25, 0.3) is 16.8 Å². The minimum Gasteiger partial charge on any atom is -0.392 e. The van der Waals surface area contributed by atoms with E-state index in [1.807, 2.05) is 0 Å². The summed E-state index contributed by atoms with van der Waals surface area (Å²) < 4.78 is 28.5. The van der Waals surface area contributed by atoms with E-state index < -0.39 is 17.9 Å². The molecule has 2 atom stereocenters. The molecule has 1 aliphatic rings. The quantitative estimate of drug-likeness (QED) is 0.730. The first-order chi connectivity index (χ1) is 12.5. The highest BCUT2D eigenvalue weighted by Crippen LogP contribution is 2.35. The standard InChI is InChI=1S/C18H14ClF2N3O2/c19-13-3-10(8-25)11(4-15(13)21)9-1-2-17-22-16(7-24(17)6-9)23-18(26)12-5-14(12)20/h1-4,6-7,12,14,25H,5,8H2,(H,23,26). The SMILES string of the molecule is O=C(Nc1cn2cc(-c3cc(F)c(Cl)cc3CO)ccc2n1)C1CC1F. The smallest absolute Gasteiger partial charge is 0.231 e. The van der Waals surface area contributed by atoms with Crippen molar-refractivity contribution in [1.82, 2.24) is 9.38 Å². The molecular formula is C18H14ClF2N3O2. The minimum absolute atomic E-state index is 0.0576. The van der Waals surface area contributed by atoms with Crippen LogP contribution in [-0.2, 0) is 11.4 Å². The number of aromatic nitrogens is 2. The van der Waals surface area contributed by atoms with Crippen molar-refractivity contribution in [2.45, 2.75) is 19.2 Å². The number of anilines is 1. The van der Waals surface area contributed by atoms with Crippen LogP contribution >= 0.6 is 11.6 Å². The number of carbonyl (C=O) groups excluding carboxylic acids is 1. The first kappa shape index (κ1) is 16.9. The summed E-state index contributed by atoms with van der Waals surface area (Å²) in [6, 6.07) is 6.09. The zero-order chi connectivity index (χ0) is 18.4. The largest absolute Gasteiger partial charge is 0.392 e. The van der Waals surface area contributed by atoms with Gasteiger partial charge in [0.2, 0.25) is 5.91 Å². The average molecular weight is 378 g/mol. The van der Waals surface area contributed by atoms with Gasteiger partial charge in [0.05, 0.1) is 23.7 Å². The highest BCUT2D eigenvalue weighted by molar-refractivity contribution is 6.30. The summed E-state index contributed by atoms with van der Waals surface area (Å²) in [5.41, 5.74) is 2.22. The third-order valence-corrected chi connectivity index (χ3v) is 4.67. The molecule has 8 heteroatoms. The van der Waals surface area contributed by atoms with Crippen molar-refractivity contribution in [2.24, 2.45) is 5.92 Å². The molecule has 1 saturated carbocycles. The third-order valence-electron chi connectivity index (χ3n) is 4.38. The first-order valence-corrected chi connectivity index (χ1v) is 8.37. The van der Waals surface area contributed by atoms with Gasteiger partial charge in [-0.05, 0) is 47.4 Å². The molecule has 1 aliphatic carbocycles. The number of benzene rings is 1. The molecule has 0 aliphatic heterocycles. The van der Waals surface area contributed by atoms with Crippen molar-refractivity contribution >= 4 is 29.0 Å². The van der Waals surface area contributed by atoms with E-state index in [1.165, 1.54) is 12.1 Å². The summed E-state index contributed by atoms with van der Waals surface area (Å²) in [6.45, 7) is -0.287. The maximum absolute atomic E-state index is 13.8. The van der Waals surface area contributed by atoms with Crippen LogP contribution < -0.4 is 5.32 Å². The Kier molecular flexibility index (Phi) is 4.13. The minimum atomic E-state index is -1.07. The van der Waals surface area contributed by atoms with Crippen LogP contribution in [0.1, 0.15) is 12.0 Å². The van der Waals surface area contributed by atoms with Gasteiger partial charge in [0.1, 0.15) is 17.6 Å². The number of fused-ring (bicyclic) bond motifs is 1. The van der Waals surface area contributed by atoms with E-state index in [9.17, 15) is 18.7 Å². The van der Waals surface area contributed by atoms with Crippen molar-refractivity contribution in [1.29, 1.82) is 0 Å². The molecule has 134 valence electrons. The number of pyridine rings is 1. The lowest BCUT2D eigenvalue weighted by molar-refractivity contribution is -0.117. The normalized spacial score (nSPS) is 18.9. The topological polar surface area (TPSA) is 66.6 Å². The molecule has 3 aromatic rings. The maximum atomic E-state index is 13.8. The van der Waals surface area contributed by atoms with E-state index >= 15 is 0 Å². The number of nitrogens with one attached hydrogen (secondary N) is 1. The number of amides is 1. The molecule has 1 amide bonds. The van der Waals surface area contributed by atoms with E-state index in [1.54, 1.807) is 28.9 Å². The third kappa shape index (κ3) is 3.04. The van der Waals surface area contributed by atoms with Crippen LogP contribution in [0.2, 0.25) is 5.02 Å². The molecule has 2 N–H and O–H groups in total. The fourth-order valence-electron chi connectivity index (χ4n) is 2.85. The summed E-state index contributed by atoms with van der Waals surface area (Å²) >= 11 is 5.77. The number of aliphatic hydroxyl groups excluding tert-OH is 1. The molecule has 1 aromatic carbocycles. The highest BCUT2D eigenvalue weighted by atomic mass is 35.5. The molecule has 0 spiro atoms. The van der Waals surface area contributed by atoms with Gasteiger partial charge in [-0.15, -0.1) is 0 Å². The van der Waals surface area contributed by atoms with Crippen LogP contribution in [0.5, 0.6) is 0 Å². The van der Waals surface area contributed by atoms with E-state index in [-0.39, 0.29) is 24.0 Å². The van der Waals surface area contributed by atoms with Gasteiger partial charge in [0, 0.05) is 6.20 Å². The van der Waals surface area contributed by atoms with Crippen LogP contribution in [0, 0.1) is 11.7 Å². The monoisotopic (exact) mass is 377 g/mol. The van der Waals surface area contributed by atoms with Crippen molar-refractivity contribution in [3.63, 3.8) is 0 Å². The van der Waals surface area contributed by atoms with E-state index in [0.717, 1.165) is 0 Å². The first-order valence-electron chi connectivity index (χ1n) is 7.99. The second-order valence-corrected chi connectivity index (χ2v) is 6.65. The number of alkyl halides is 1. The highest BCUT2D eigenvalue weighted by Gasteiger charge is 2.43. The Balaban J connectivity index is 1.68. The van der Waals surface area contributed by atoms with Crippen LogP contribution in [-0.4, -0.2) is 26.6 Å². The molecule has 2 aromatic heterocycles. The molecule has 0 saturated heterocycles. The van der Waals surface area contributed by atoms with Crippen molar-refractivity contribution in [2.75, 3.05) is 5.32 Å². The number of imidazole rings is 1. The number of hydrogen-bond acceptors (Lipinski definition) is 3. The van der Waals surface area contributed by atoms with Crippen LogP contribution in [0.4, 0.5) is 14.6 Å². The zero-order valence-electron chi connectivity index (χ0n) is 13.4. The molecule has 26 heavy (non-hydrogen) atoms. The van der Waals surface area contributed by atoms with Crippen molar-refractivity contribution in [3.05, 3.63) is 53.1 Å². The van der Waals surface area contributed by atoms with Gasteiger partial charge >= 0.3 is 0 Å². The van der Waals surface area contributed by atoms with Gasteiger partial charge in [0.15, 0.2) is 5.82 Å². The predicted molar refractivity (Wildman–Crippen MR) is 93.2 cm³/mol. The summed E-state index contributed by atoms with van der Waals surface area (Å²) in [4.78, 5) is 16.1. The summed E-state index contributed by atoms with van der Waals surface area (Å²) in [5, 5.41) is 12.0. The summed E-state index contributed by atoms with van der Waals surface area (Å²) in [7, 11) is 0. The molecule has 2 heterocycles. The van der Waals surface area contributed by atoms with Gasteiger partial charge in [-0.2, -0.15) is 0 Å². The van der Waals surface area contributed by atoms with Gasteiger partial charge < -0.3 is 14.8 Å². The number of rotatable bonds is 4. The number of nitrogens with zero attached hydrogens (tertiary/aromatic N) is 2. The van der Waals surface area contributed by atoms with E-state index in [2.05, 4.69) is 10.3 Å². The fraction of sp³-hybridized carbons (Fsp3) is 0.222.